The zero-order valence-corrected chi connectivity index (χ0v) is 8.80. The molecule has 0 radical (unpaired) electrons. The predicted octanol–water partition coefficient (Wildman–Crippen LogP) is -1.72. The van der Waals surface area contributed by atoms with E-state index in [1.54, 1.807) is 0 Å². The van der Waals surface area contributed by atoms with E-state index in [4.69, 9.17) is 10.5 Å². The summed E-state index contributed by atoms with van der Waals surface area (Å²) in [6, 6.07) is 0. The number of halogens is 1. The van der Waals surface area contributed by atoms with Crippen molar-refractivity contribution in [3.05, 3.63) is 32.9 Å². The van der Waals surface area contributed by atoms with E-state index in [2.05, 4.69) is 0 Å². The third kappa shape index (κ3) is 2.14. The van der Waals surface area contributed by atoms with Crippen molar-refractivity contribution in [2.45, 2.75) is 24.9 Å². The first kappa shape index (κ1) is 12.0. The van der Waals surface area contributed by atoms with Gasteiger partial charge in [0.25, 0.3) is 5.56 Å². The molecule has 0 aromatic carbocycles. The van der Waals surface area contributed by atoms with Crippen molar-refractivity contribution < 1.29 is 14.2 Å². The summed E-state index contributed by atoms with van der Waals surface area (Å²) in [6.07, 6.45) is -1.35. The minimum absolute atomic E-state index is 0.0955. The van der Waals surface area contributed by atoms with Gasteiger partial charge in [0, 0.05) is 13.0 Å². The molecule has 0 bridgehead atoms. The minimum Gasteiger partial charge on any atom is -0.390 e. The fourth-order valence-electron chi connectivity index (χ4n) is 1.77. The van der Waals surface area contributed by atoms with Crippen molar-refractivity contribution in [1.29, 1.82) is 0 Å². The molecule has 8 heteroatoms. The fourth-order valence-corrected chi connectivity index (χ4v) is 1.77. The Bertz CT molecular complexity index is 526. The van der Waals surface area contributed by atoms with Crippen LogP contribution >= 0.6 is 0 Å². The summed E-state index contributed by atoms with van der Waals surface area (Å²) in [5, 5.41) is 9.55. The molecular weight excluding hydrogens is 233 g/mol. The van der Waals surface area contributed by atoms with Gasteiger partial charge in [0.2, 0.25) is 5.82 Å². The van der Waals surface area contributed by atoms with E-state index < -0.39 is 35.5 Å². The van der Waals surface area contributed by atoms with Crippen LogP contribution in [0.1, 0.15) is 12.6 Å². The Kier molecular flexibility index (Phi) is 3.09. The molecule has 94 valence electrons. The van der Waals surface area contributed by atoms with Gasteiger partial charge in [-0.05, 0) is 0 Å². The number of H-pyrrole nitrogens is 1. The van der Waals surface area contributed by atoms with E-state index in [-0.39, 0.29) is 13.0 Å². The number of aromatic nitrogens is 2. The Labute approximate surface area is 94.6 Å². The first-order chi connectivity index (χ1) is 8.02. The van der Waals surface area contributed by atoms with Gasteiger partial charge in [-0.25, -0.2) is 4.79 Å². The summed E-state index contributed by atoms with van der Waals surface area (Å²) in [5.41, 5.74) is 3.48. The Morgan fingerprint density at radius 2 is 2.35 bits per heavy atom. The molecule has 1 aliphatic heterocycles. The highest BCUT2D eigenvalue weighted by Crippen LogP contribution is 2.26. The Balaban J connectivity index is 2.34. The maximum absolute atomic E-state index is 13.0. The number of rotatable bonds is 2. The van der Waals surface area contributed by atoms with Gasteiger partial charge in [-0.1, -0.05) is 0 Å². The van der Waals surface area contributed by atoms with Gasteiger partial charge < -0.3 is 15.6 Å². The van der Waals surface area contributed by atoms with Gasteiger partial charge in [0.1, 0.15) is 6.23 Å². The van der Waals surface area contributed by atoms with E-state index in [0.29, 0.717) is 0 Å². The maximum Gasteiger partial charge on any atom is 0.330 e. The summed E-state index contributed by atoms with van der Waals surface area (Å²) in [7, 11) is 0. The molecule has 2 heterocycles. The van der Waals surface area contributed by atoms with Crippen LogP contribution in [0.3, 0.4) is 0 Å². The normalized spacial score (nSPS) is 28.5. The van der Waals surface area contributed by atoms with Crippen LogP contribution in [0.4, 0.5) is 4.39 Å². The molecule has 0 amide bonds. The van der Waals surface area contributed by atoms with Gasteiger partial charge in [-0.2, -0.15) is 4.39 Å². The van der Waals surface area contributed by atoms with E-state index in [9.17, 15) is 19.1 Å². The van der Waals surface area contributed by atoms with Crippen molar-refractivity contribution in [3.63, 3.8) is 0 Å². The number of ether oxygens (including phenoxy) is 1. The molecule has 1 fully saturated rings. The van der Waals surface area contributed by atoms with Crippen LogP contribution in [-0.2, 0) is 4.74 Å². The van der Waals surface area contributed by atoms with Gasteiger partial charge in [0.05, 0.1) is 18.4 Å². The number of hydrogen-bond donors (Lipinski definition) is 3. The summed E-state index contributed by atoms with van der Waals surface area (Å²) in [4.78, 5) is 24.1. The number of hydrogen-bond acceptors (Lipinski definition) is 5. The largest absolute Gasteiger partial charge is 0.390 e. The Hall–Kier alpha value is -1.51. The van der Waals surface area contributed by atoms with Crippen LogP contribution < -0.4 is 17.0 Å². The zero-order valence-electron chi connectivity index (χ0n) is 8.80. The second kappa shape index (κ2) is 4.40. The molecule has 3 atom stereocenters. The van der Waals surface area contributed by atoms with E-state index >= 15 is 0 Å². The Morgan fingerprint density at radius 3 is 2.94 bits per heavy atom. The first-order valence-electron chi connectivity index (χ1n) is 5.07. The molecule has 4 N–H and O–H groups in total. The number of nitrogens with one attached hydrogen (secondary N) is 1. The topological polar surface area (TPSA) is 110 Å². The molecule has 1 saturated heterocycles. The molecule has 0 saturated carbocycles. The molecule has 1 unspecified atom stereocenters. The van der Waals surface area contributed by atoms with Crippen molar-refractivity contribution in [2.24, 2.45) is 5.73 Å². The molecule has 7 nitrogen and oxygen atoms in total. The summed E-state index contributed by atoms with van der Waals surface area (Å²) >= 11 is 0. The number of aromatic amines is 1. The van der Waals surface area contributed by atoms with Crippen LogP contribution in [0.5, 0.6) is 0 Å². The molecule has 1 aliphatic rings. The summed E-state index contributed by atoms with van der Waals surface area (Å²) in [5.74, 6) is -1.08. The number of aliphatic hydroxyl groups is 1. The molecule has 17 heavy (non-hydrogen) atoms. The highest BCUT2D eigenvalue weighted by atomic mass is 19.1. The van der Waals surface area contributed by atoms with Crippen molar-refractivity contribution in [1.82, 2.24) is 9.55 Å². The van der Waals surface area contributed by atoms with Crippen LogP contribution in [0.15, 0.2) is 15.8 Å². The quantitative estimate of drug-likeness (QED) is 0.574. The monoisotopic (exact) mass is 245 g/mol. The molecule has 2 rings (SSSR count). The van der Waals surface area contributed by atoms with Crippen LogP contribution in [0.25, 0.3) is 0 Å². The van der Waals surface area contributed by atoms with E-state index in [1.165, 1.54) is 0 Å². The minimum atomic E-state index is -1.08. The lowest BCUT2D eigenvalue weighted by Crippen LogP contribution is -2.34. The zero-order chi connectivity index (χ0) is 12.6. The average molecular weight is 245 g/mol. The van der Waals surface area contributed by atoms with Crippen molar-refractivity contribution in [3.8, 4) is 0 Å². The second-order valence-electron chi connectivity index (χ2n) is 3.81. The molecule has 0 spiro atoms. The predicted molar refractivity (Wildman–Crippen MR) is 54.9 cm³/mol. The number of aliphatic hydroxyl groups excluding tert-OH is 1. The smallest absolute Gasteiger partial charge is 0.330 e. The van der Waals surface area contributed by atoms with Gasteiger partial charge >= 0.3 is 5.69 Å². The van der Waals surface area contributed by atoms with Crippen molar-refractivity contribution >= 4 is 0 Å². The average Bonchev–Trinajstić information content (AvgIpc) is 2.65. The highest BCUT2D eigenvalue weighted by Gasteiger charge is 2.34. The second-order valence-corrected chi connectivity index (χ2v) is 3.81. The van der Waals surface area contributed by atoms with Gasteiger partial charge in [0.15, 0.2) is 0 Å². The van der Waals surface area contributed by atoms with Gasteiger partial charge in [-0.3, -0.25) is 14.3 Å². The molecule has 0 aliphatic carbocycles. The standard InChI is InChI=1S/C9H12FN3O4/c10-4-3-13(9(16)12-8(4)15)7-1-5(14)6(2-11)17-7/h3,5-7,14H,1-2,11H2,(H,12,15,16)/t5?,6-,7-/m0/s1. The number of nitrogens with two attached hydrogens (primary N) is 1. The SMILES string of the molecule is NC[C@@H]1O[C@H](n2cc(F)c(=O)[nH]c2=O)CC1O. The third-order valence-electron chi connectivity index (χ3n) is 2.67. The summed E-state index contributed by atoms with van der Waals surface area (Å²) in [6.45, 7) is 0.0955. The van der Waals surface area contributed by atoms with Crippen LogP contribution in [0, 0.1) is 5.82 Å². The third-order valence-corrected chi connectivity index (χ3v) is 2.67. The maximum atomic E-state index is 13.0. The molecular formula is C9H12FN3O4. The molecule has 1 aromatic rings. The first-order valence-corrected chi connectivity index (χ1v) is 5.07. The number of nitrogens with zero attached hydrogens (tertiary/aromatic N) is 1. The lowest BCUT2D eigenvalue weighted by molar-refractivity contribution is -0.0155. The lowest BCUT2D eigenvalue weighted by Gasteiger charge is -2.14. The Morgan fingerprint density at radius 1 is 1.65 bits per heavy atom. The lowest BCUT2D eigenvalue weighted by atomic mass is 10.2. The van der Waals surface area contributed by atoms with E-state index in [1.807, 2.05) is 4.98 Å². The highest BCUT2D eigenvalue weighted by molar-refractivity contribution is 4.91. The molecule has 1 aromatic heterocycles. The van der Waals surface area contributed by atoms with Gasteiger partial charge in [-0.15, -0.1) is 0 Å². The van der Waals surface area contributed by atoms with E-state index in [0.717, 1.165) is 10.8 Å². The van der Waals surface area contributed by atoms with Crippen molar-refractivity contribution in [2.75, 3.05) is 6.54 Å². The summed E-state index contributed by atoms with van der Waals surface area (Å²) < 4.78 is 19.2. The fraction of sp³-hybridized carbons (Fsp3) is 0.556. The van der Waals surface area contributed by atoms with Crippen LogP contribution in [-0.4, -0.2) is 33.4 Å². The van der Waals surface area contributed by atoms with Crippen LogP contribution in [0.2, 0.25) is 0 Å².